The van der Waals surface area contributed by atoms with Gasteiger partial charge >= 0.3 is 0 Å². The second kappa shape index (κ2) is 15.2. The molecule has 2 aromatic heterocycles. The van der Waals surface area contributed by atoms with Crippen molar-refractivity contribution in [3.8, 4) is 90.7 Å². The summed E-state index contributed by atoms with van der Waals surface area (Å²) in [5.74, 6) is 3.83. The van der Waals surface area contributed by atoms with Gasteiger partial charge in [0.2, 0.25) is 0 Å². The molecule has 7 aromatic carbocycles. The average Bonchev–Trinajstić information content (AvgIpc) is 3.27. The third-order valence-electron chi connectivity index (χ3n) is 9.18. The highest BCUT2D eigenvalue weighted by molar-refractivity contribution is 5.75. The van der Waals surface area contributed by atoms with Gasteiger partial charge in [-0.3, -0.25) is 0 Å². The number of rotatable bonds is 9. The Balaban J connectivity index is 1.03. The summed E-state index contributed by atoms with van der Waals surface area (Å²) in [6, 6.07) is 66.7. The van der Waals surface area contributed by atoms with Gasteiger partial charge in [0.1, 0.15) is 11.5 Å². The predicted octanol–water partition coefficient (Wildman–Crippen LogP) is 12.1. The Morgan fingerprint density at radius 3 is 1.05 bits per heavy atom. The Kier molecular flexibility index (Phi) is 9.19. The zero-order chi connectivity index (χ0) is 36.8. The molecule has 0 saturated carbocycles. The lowest BCUT2D eigenvalue weighted by Crippen LogP contribution is -2.00. The van der Waals surface area contributed by atoms with E-state index in [1.165, 1.54) is 0 Å². The summed E-state index contributed by atoms with van der Waals surface area (Å²) in [6.45, 7) is 0. The molecule has 0 fully saturated rings. The molecule has 0 N–H and O–H groups in total. The maximum absolute atomic E-state index is 6.48. The van der Waals surface area contributed by atoms with Gasteiger partial charge < -0.3 is 4.74 Å². The Hall–Kier alpha value is -7.57. The number of ether oxygens (including phenoxy) is 1. The van der Waals surface area contributed by atoms with Gasteiger partial charge in [-0.05, 0) is 47.5 Å². The first-order chi connectivity index (χ1) is 27.2. The predicted molar refractivity (Wildman–Crippen MR) is 220 cm³/mol. The lowest BCUT2D eigenvalue weighted by molar-refractivity contribution is 0.483. The van der Waals surface area contributed by atoms with Crippen LogP contribution in [-0.2, 0) is 0 Å². The first-order valence-electron chi connectivity index (χ1n) is 18.1. The van der Waals surface area contributed by atoms with Gasteiger partial charge in [0.25, 0.3) is 0 Å². The third-order valence-corrected chi connectivity index (χ3v) is 9.18. The number of benzene rings is 7. The smallest absolute Gasteiger partial charge is 0.164 e. The van der Waals surface area contributed by atoms with Crippen molar-refractivity contribution in [3.05, 3.63) is 200 Å². The fraction of sp³-hybridized carbons (Fsp3) is 0. The minimum absolute atomic E-state index is 0.567. The second-order valence-electron chi connectivity index (χ2n) is 13.0. The standard InChI is InChI=1S/C49H33N5O/c1-5-16-34(17-6-1)44-33-45(35-18-7-2-8-19-35)51-48(50-44)40-26-13-24-38(30-40)39-25-14-28-42(31-39)55-43-29-15-27-41(32-43)49-53-46(36-20-9-3-10-21-36)52-47(54-49)37-22-11-4-12-23-37/h1-33H. The molecule has 9 rings (SSSR count). The van der Waals surface area contributed by atoms with Crippen LogP contribution in [0.15, 0.2) is 200 Å². The summed E-state index contributed by atoms with van der Waals surface area (Å²) < 4.78 is 6.48. The fourth-order valence-electron chi connectivity index (χ4n) is 6.44. The molecule has 2 heterocycles. The highest BCUT2D eigenvalue weighted by atomic mass is 16.5. The van der Waals surface area contributed by atoms with Crippen molar-refractivity contribution in [1.29, 1.82) is 0 Å². The number of aromatic nitrogens is 5. The van der Waals surface area contributed by atoms with Crippen LogP contribution in [0.3, 0.4) is 0 Å². The van der Waals surface area contributed by atoms with Gasteiger partial charge in [-0.1, -0.05) is 164 Å². The van der Waals surface area contributed by atoms with Gasteiger partial charge in [0.05, 0.1) is 11.4 Å². The van der Waals surface area contributed by atoms with Crippen molar-refractivity contribution in [2.75, 3.05) is 0 Å². The lowest BCUT2D eigenvalue weighted by atomic mass is 10.0. The van der Waals surface area contributed by atoms with Gasteiger partial charge in [0, 0.05) is 33.4 Å². The molecule has 0 bridgehead atoms. The van der Waals surface area contributed by atoms with Crippen molar-refractivity contribution < 1.29 is 4.74 Å². The van der Waals surface area contributed by atoms with Crippen molar-refractivity contribution in [1.82, 2.24) is 24.9 Å². The van der Waals surface area contributed by atoms with Crippen molar-refractivity contribution in [2.45, 2.75) is 0 Å². The highest BCUT2D eigenvalue weighted by Gasteiger charge is 2.14. The number of hydrogen-bond acceptors (Lipinski definition) is 6. The van der Waals surface area contributed by atoms with E-state index in [4.69, 9.17) is 29.7 Å². The summed E-state index contributed by atoms with van der Waals surface area (Å²) in [6.07, 6.45) is 0. The van der Waals surface area contributed by atoms with Gasteiger partial charge in [0.15, 0.2) is 23.3 Å². The number of nitrogens with zero attached hydrogens (tertiary/aromatic N) is 5. The number of hydrogen-bond donors (Lipinski definition) is 0. The molecule has 9 aromatic rings. The Morgan fingerprint density at radius 2 is 0.564 bits per heavy atom. The van der Waals surface area contributed by atoms with E-state index in [1.54, 1.807) is 0 Å². The van der Waals surface area contributed by atoms with E-state index in [2.05, 4.69) is 54.6 Å². The minimum Gasteiger partial charge on any atom is -0.457 e. The van der Waals surface area contributed by atoms with Crippen LogP contribution >= 0.6 is 0 Å². The molecule has 0 unspecified atom stereocenters. The highest BCUT2D eigenvalue weighted by Crippen LogP contribution is 2.33. The van der Waals surface area contributed by atoms with Gasteiger partial charge in [-0.2, -0.15) is 0 Å². The average molecular weight is 708 g/mol. The normalized spacial score (nSPS) is 10.9. The van der Waals surface area contributed by atoms with E-state index < -0.39 is 0 Å². The Labute approximate surface area is 319 Å². The Morgan fingerprint density at radius 1 is 0.236 bits per heavy atom. The molecule has 0 atom stereocenters. The largest absolute Gasteiger partial charge is 0.457 e. The minimum atomic E-state index is 0.567. The molecule has 0 aliphatic carbocycles. The molecule has 0 spiro atoms. The van der Waals surface area contributed by atoms with Crippen LogP contribution in [0.1, 0.15) is 0 Å². The molecule has 0 saturated heterocycles. The summed E-state index contributed by atoms with van der Waals surface area (Å²) in [5.41, 5.74) is 9.45. The van der Waals surface area contributed by atoms with Crippen LogP contribution in [0, 0.1) is 0 Å². The molecule has 0 aliphatic rings. The van der Waals surface area contributed by atoms with E-state index in [-0.39, 0.29) is 0 Å². The zero-order valence-electron chi connectivity index (χ0n) is 29.7. The van der Waals surface area contributed by atoms with E-state index >= 15 is 0 Å². The molecule has 6 heteroatoms. The molecule has 55 heavy (non-hydrogen) atoms. The van der Waals surface area contributed by atoms with E-state index in [9.17, 15) is 0 Å². The second-order valence-corrected chi connectivity index (χ2v) is 13.0. The third kappa shape index (κ3) is 7.52. The van der Waals surface area contributed by atoms with Crippen molar-refractivity contribution in [3.63, 3.8) is 0 Å². The van der Waals surface area contributed by atoms with Crippen LogP contribution in [0.4, 0.5) is 0 Å². The van der Waals surface area contributed by atoms with Crippen LogP contribution in [0.5, 0.6) is 11.5 Å². The molecule has 0 amide bonds. The topological polar surface area (TPSA) is 73.7 Å². The van der Waals surface area contributed by atoms with Gasteiger partial charge in [-0.15, -0.1) is 0 Å². The zero-order valence-corrected chi connectivity index (χ0v) is 29.7. The first-order valence-corrected chi connectivity index (χ1v) is 18.1. The molecule has 0 aliphatic heterocycles. The summed E-state index contributed by atoms with van der Waals surface area (Å²) in [5, 5.41) is 0. The van der Waals surface area contributed by atoms with E-state index in [1.807, 2.05) is 146 Å². The summed E-state index contributed by atoms with van der Waals surface area (Å²) in [4.78, 5) is 24.7. The maximum Gasteiger partial charge on any atom is 0.164 e. The van der Waals surface area contributed by atoms with E-state index in [0.29, 0.717) is 34.8 Å². The fourth-order valence-corrected chi connectivity index (χ4v) is 6.44. The van der Waals surface area contributed by atoms with Crippen LogP contribution in [0.2, 0.25) is 0 Å². The molecule has 0 radical (unpaired) electrons. The monoisotopic (exact) mass is 707 g/mol. The molecule has 6 nitrogen and oxygen atoms in total. The molecule has 260 valence electrons. The molecular formula is C49H33N5O. The SMILES string of the molecule is c1ccc(-c2cc(-c3ccccc3)nc(-c3cccc(-c4cccc(Oc5cccc(-c6nc(-c7ccccc7)nc(-c7ccccc7)n6)c5)c4)c3)n2)cc1. The van der Waals surface area contributed by atoms with Crippen LogP contribution in [-0.4, -0.2) is 24.9 Å². The lowest BCUT2D eigenvalue weighted by Gasteiger charge is -2.12. The van der Waals surface area contributed by atoms with Crippen molar-refractivity contribution in [2.24, 2.45) is 0 Å². The van der Waals surface area contributed by atoms with Gasteiger partial charge in [-0.25, -0.2) is 24.9 Å². The van der Waals surface area contributed by atoms with E-state index in [0.717, 1.165) is 55.9 Å². The van der Waals surface area contributed by atoms with Crippen molar-refractivity contribution >= 4 is 0 Å². The quantitative estimate of drug-likeness (QED) is 0.149. The maximum atomic E-state index is 6.48. The molecular weight excluding hydrogens is 675 g/mol. The first kappa shape index (κ1) is 33.3. The van der Waals surface area contributed by atoms with Crippen LogP contribution < -0.4 is 4.74 Å². The summed E-state index contributed by atoms with van der Waals surface area (Å²) in [7, 11) is 0. The van der Waals surface area contributed by atoms with Crippen LogP contribution in [0.25, 0.3) is 79.2 Å². The Bertz CT molecular complexity index is 2610. The summed E-state index contributed by atoms with van der Waals surface area (Å²) >= 11 is 0.